The fourth-order valence-corrected chi connectivity index (χ4v) is 3.89. The molecule has 0 aliphatic heterocycles. The number of imidazole rings is 1. The molecule has 9 heteroatoms. The van der Waals surface area contributed by atoms with Crippen LogP contribution in [-0.4, -0.2) is 43.8 Å². The van der Waals surface area contributed by atoms with Crippen LogP contribution in [0, 0.1) is 6.92 Å². The minimum Gasteiger partial charge on any atom is -0.356 e. The first kappa shape index (κ1) is 21.6. The van der Waals surface area contributed by atoms with Gasteiger partial charge in [-0.2, -0.15) is 0 Å². The van der Waals surface area contributed by atoms with E-state index in [4.69, 9.17) is 0 Å². The largest absolute Gasteiger partial charge is 0.356 e. The molecule has 0 spiro atoms. The van der Waals surface area contributed by atoms with E-state index in [1.807, 2.05) is 37.3 Å². The number of hydrogen-bond acceptors (Lipinski definition) is 4. The Bertz CT molecular complexity index is 1140. The van der Waals surface area contributed by atoms with Gasteiger partial charge in [0.05, 0.1) is 23.0 Å². The highest BCUT2D eigenvalue weighted by molar-refractivity contribution is 7.92. The molecule has 0 amide bonds. The second kappa shape index (κ2) is 9.62. The molecule has 2 aromatic carbocycles. The van der Waals surface area contributed by atoms with E-state index < -0.39 is 10.0 Å². The van der Waals surface area contributed by atoms with E-state index in [-0.39, 0.29) is 0 Å². The third kappa shape index (κ3) is 5.73. The van der Waals surface area contributed by atoms with E-state index in [2.05, 4.69) is 36.0 Å². The molecule has 0 atom stereocenters. The molecular weight excluding hydrogens is 400 g/mol. The van der Waals surface area contributed by atoms with Gasteiger partial charge in [0.2, 0.25) is 10.0 Å². The molecule has 1 aromatic heterocycles. The van der Waals surface area contributed by atoms with Crippen LogP contribution >= 0.6 is 0 Å². The highest BCUT2D eigenvalue weighted by Gasteiger charge is 2.08. The summed E-state index contributed by atoms with van der Waals surface area (Å²) in [5.41, 5.74) is 3.56. The molecule has 0 fully saturated rings. The van der Waals surface area contributed by atoms with Crippen LogP contribution in [0.2, 0.25) is 0 Å². The maximum Gasteiger partial charge on any atom is 0.229 e. The molecular formula is C21H28N6O2S. The van der Waals surface area contributed by atoms with Gasteiger partial charge in [0, 0.05) is 26.7 Å². The lowest BCUT2D eigenvalue weighted by molar-refractivity contribution is 0.606. The van der Waals surface area contributed by atoms with Crippen LogP contribution < -0.4 is 15.4 Å². The lowest BCUT2D eigenvalue weighted by atomic mass is 10.2. The number of hydrogen-bond donors (Lipinski definition) is 3. The van der Waals surface area contributed by atoms with Crippen molar-refractivity contribution < 1.29 is 8.42 Å². The quantitative estimate of drug-likeness (QED) is 0.291. The molecule has 0 bridgehead atoms. The number of aromatic nitrogens is 2. The van der Waals surface area contributed by atoms with Crippen molar-refractivity contribution in [1.29, 1.82) is 0 Å². The number of rotatable bonds is 8. The van der Waals surface area contributed by atoms with E-state index in [1.54, 1.807) is 19.2 Å². The van der Waals surface area contributed by atoms with Crippen LogP contribution in [0.1, 0.15) is 17.8 Å². The van der Waals surface area contributed by atoms with Gasteiger partial charge in [-0.25, -0.2) is 13.4 Å². The maximum atomic E-state index is 11.6. The summed E-state index contributed by atoms with van der Waals surface area (Å²) in [6.07, 6.45) is 2.05. The maximum absolute atomic E-state index is 11.6. The summed E-state index contributed by atoms with van der Waals surface area (Å²) < 4.78 is 27.9. The monoisotopic (exact) mass is 428 g/mol. The molecule has 3 aromatic rings. The Hall–Kier alpha value is -3.07. The highest BCUT2D eigenvalue weighted by atomic mass is 32.2. The molecule has 3 rings (SSSR count). The van der Waals surface area contributed by atoms with Crippen molar-refractivity contribution in [3.63, 3.8) is 0 Å². The molecule has 0 saturated carbocycles. The third-order valence-electron chi connectivity index (χ3n) is 4.68. The zero-order valence-electron chi connectivity index (χ0n) is 17.5. The lowest BCUT2D eigenvalue weighted by Gasteiger charge is -2.15. The second-order valence-corrected chi connectivity index (χ2v) is 8.79. The van der Waals surface area contributed by atoms with E-state index in [0.717, 1.165) is 48.2 Å². The molecule has 1 heterocycles. The van der Waals surface area contributed by atoms with Gasteiger partial charge in [-0.3, -0.25) is 9.71 Å². The van der Waals surface area contributed by atoms with Crippen molar-refractivity contribution in [2.45, 2.75) is 26.4 Å². The zero-order chi connectivity index (χ0) is 21.6. The van der Waals surface area contributed by atoms with Crippen molar-refractivity contribution in [2.24, 2.45) is 4.99 Å². The number of nitrogens with zero attached hydrogens (tertiary/aromatic N) is 3. The van der Waals surface area contributed by atoms with E-state index in [0.29, 0.717) is 18.2 Å². The minimum atomic E-state index is -3.33. The van der Waals surface area contributed by atoms with Gasteiger partial charge < -0.3 is 15.2 Å². The Morgan fingerprint density at radius 1 is 1.10 bits per heavy atom. The summed E-state index contributed by atoms with van der Waals surface area (Å²) in [6.45, 7) is 4.08. The number of anilines is 1. The van der Waals surface area contributed by atoms with Crippen molar-refractivity contribution in [3.05, 3.63) is 59.9 Å². The highest BCUT2D eigenvalue weighted by Crippen LogP contribution is 2.16. The predicted molar refractivity (Wildman–Crippen MR) is 122 cm³/mol. The molecule has 0 unspecified atom stereocenters. The zero-order valence-corrected chi connectivity index (χ0v) is 18.3. The number of nitrogens with one attached hydrogen (secondary N) is 3. The number of aryl methyl sites for hydroxylation is 2. The van der Waals surface area contributed by atoms with Gasteiger partial charge >= 0.3 is 0 Å². The summed E-state index contributed by atoms with van der Waals surface area (Å²) in [4.78, 5) is 8.84. The summed E-state index contributed by atoms with van der Waals surface area (Å²) in [5, 5.41) is 6.54. The molecule has 3 N–H and O–H groups in total. The molecule has 8 nitrogen and oxygen atoms in total. The Balaban J connectivity index is 1.52. The van der Waals surface area contributed by atoms with Crippen molar-refractivity contribution >= 4 is 32.7 Å². The number of para-hydroxylation sites is 3. The molecule has 160 valence electrons. The SMILES string of the molecule is CN=C(NCCCn1c(C)nc2ccccc21)NCc1ccccc1NS(C)(=O)=O. The standard InChI is InChI=1S/C21H28N6O2S/c1-16-25-19-11-6-7-12-20(19)27(16)14-8-13-23-21(22-2)24-15-17-9-4-5-10-18(17)26-30(3,28)29/h4-7,9-12,26H,8,13-15H2,1-3H3,(H2,22,23,24). The van der Waals surface area contributed by atoms with Crippen LogP contribution in [0.3, 0.4) is 0 Å². The number of benzene rings is 2. The smallest absolute Gasteiger partial charge is 0.229 e. The lowest BCUT2D eigenvalue weighted by Crippen LogP contribution is -2.37. The van der Waals surface area contributed by atoms with E-state index in [1.165, 1.54) is 0 Å². The summed E-state index contributed by atoms with van der Waals surface area (Å²) in [6, 6.07) is 15.4. The predicted octanol–water partition coefficient (Wildman–Crippen LogP) is 2.47. The van der Waals surface area contributed by atoms with Gasteiger partial charge in [-0.1, -0.05) is 30.3 Å². The van der Waals surface area contributed by atoms with Crippen LogP contribution in [0.25, 0.3) is 11.0 Å². The molecule has 30 heavy (non-hydrogen) atoms. The Kier molecular flexibility index (Phi) is 6.94. The first-order valence-corrected chi connectivity index (χ1v) is 11.7. The Labute approximate surface area is 177 Å². The number of fused-ring (bicyclic) bond motifs is 1. The molecule has 0 aliphatic carbocycles. The van der Waals surface area contributed by atoms with Crippen LogP contribution in [0.4, 0.5) is 5.69 Å². The first-order valence-electron chi connectivity index (χ1n) is 9.79. The fourth-order valence-electron chi connectivity index (χ4n) is 3.30. The summed E-state index contributed by atoms with van der Waals surface area (Å²) >= 11 is 0. The first-order chi connectivity index (χ1) is 14.4. The van der Waals surface area contributed by atoms with Crippen molar-refractivity contribution in [3.8, 4) is 0 Å². The Morgan fingerprint density at radius 2 is 1.83 bits per heavy atom. The molecule has 0 saturated heterocycles. The topological polar surface area (TPSA) is 100 Å². The molecule has 0 aliphatic rings. The summed E-state index contributed by atoms with van der Waals surface area (Å²) in [5.74, 6) is 1.67. The van der Waals surface area contributed by atoms with Crippen LogP contribution in [0.15, 0.2) is 53.5 Å². The molecule has 0 radical (unpaired) electrons. The van der Waals surface area contributed by atoms with Gasteiger partial charge in [0.25, 0.3) is 0 Å². The number of sulfonamides is 1. The summed E-state index contributed by atoms with van der Waals surface area (Å²) in [7, 11) is -1.62. The Morgan fingerprint density at radius 3 is 2.60 bits per heavy atom. The number of aliphatic imine (C=N–C) groups is 1. The van der Waals surface area contributed by atoms with Gasteiger partial charge in [-0.15, -0.1) is 0 Å². The van der Waals surface area contributed by atoms with E-state index in [9.17, 15) is 8.42 Å². The minimum absolute atomic E-state index is 0.448. The van der Waals surface area contributed by atoms with E-state index >= 15 is 0 Å². The van der Waals surface area contributed by atoms with Crippen LogP contribution in [0.5, 0.6) is 0 Å². The second-order valence-electron chi connectivity index (χ2n) is 7.04. The third-order valence-corrected chi connectivity index (χ3v) is 5.27. The van der Waals surface area contributed by atoms with Crippen molar-refractivity contribution in [2.75, 3.05) is 24.6 Å². The van der Waals surface area contributed by atoms with Gasteiger partial charge in [0.15, 0.2) is 5.96 Å². The van der Waals surface area contributed by atoms with Gasteiger partial charge in [-0.05, 0) is 37.1 Å². The van der Waals surface area contributed by atoms with Crippen molar-refractivity contribution in [1.82, 2.24) is 20.2 Å². The normalized spacial score (nSPS) is 12.2. The van der Waals surface area contributed by atoms with Crippen LogP contribution in [-0.2, 0) is 23.1 Å². The fraction of sp³-hybridized carbons (Fsp3) is 0.333. The average Bonchev–Trinajstić information content (AvgIpc) is 3.02. The number of guanidine groups is 1. The van der Waals surface area contributed by atoms with Gasteiger partial charge in [0.1, 0.15) is 5.82 Å². The average molecular weight is 429 g/mol.